The summed E-state index contributed by atoms with van der Waals surface area (Å²) in [4.78, 5) is 5.48. The minimum absolute atomic E-state index is 0.425. The number of para-hydroxylation sites is 1. The summed E-state index contributed by atoms with van der Waals surface area (Å²) in [5.41, 5.74) is 17.0. The second-order valence-corrected chi connectivity index (χ2v) is 14.7. The van der Waals surface area contributed by atoms with Gasteiger partial charge in [0.2, 0.25) is 11.8 Å². The second kappa shape index (κ2) is 11.8. The van der Waals surface area contributed by atoms with Crippen LogP contribution in [0, 0.1) is 0 Å². The molecule has 0 saturated carbocycles. The minimum atomic E-state index is -0.425. The van der Waals surface area contributed by atoms with Crippen molar-refractivity contribution in [3.05, 3.63) is 210 Å². The Kier molecular flexibility index (Phi) is 6.52. The third kappa shape index (κ3) is 4.27. The molecule has 0 bridgehead atoms. The van der Waals surface area contributed by atoms with Gasteiger partial charge in [0.1, 0.15) is 0 Å². The Morgan fingerprint density at radius 2 is 0.946 bits per heavy atom. The smallest absolute Gasteiger partial charge is 0.248 e. The van der Waals surface area contributed by atoms with Crippen molar-refractivity contribution in [3.63, 3.8) is 0 Å². The topological polar surface area (TPSA) is 51.8 Å². The molecule has 4 heteroatoms. The molecule has 4 nitrogen and oxygen atoms in total. The van der Waals surface area contributed by atoms with E-state index in [0.29, 0.717) is 11.8 Å². The van der Waals surface area contributed by atoms with Gasteiger partial charge in [-0.05, 0) is 91.4 Å². The van der Waals surface area contributed by atoms with Crippen molar-refractivity contribution < 1.29 is 4.42 Å². The van der Waals surface area contributed by atoms with Gasteiger partial charge < -0.3 is 4.42 Å². The molecule has 0 unspecified atom stereocenters. The maximum Gasteiger partial charge on any atom is 0.248 e. The van der Waals surface area contributed by atoms with Crippen molar-refractivity contribution >= 4 is 21.7 Å². The lowest BCUT2D eigenvalue weighted by atomic mass is 9.70. The molecule has 0 fully saturated rings. The lowest BCUT2D eigenvalue weighted by molar-refractivity contribution is 0.584. The predicted octanol–water partition coefficient (Wildman–Crippen LogP) is 12.8. The van der Waals surface area contributed by atoms with Crippen LogP contribution in [-0.4, -0.2) is 15.2 Å². The third-order valence-electron chi connectivity index (χ3n) is 11.9. The maximum absolute atomic E-state index is 6.10. The van der Waals surface area contributed by atoms with Crippen molar-refractivity contribution in [2.75, 3.05) is 0 Å². The van der Waals surface area contributed by atoms with E-state index in [1.807, 2.05) is 42.5 Å². The first kappa shape index (κ1) is 31.0. The monoisotopic (exact) mass is 713 g/mol. The van der Waals surface area contributed by atoms with Crippen molar-refractivity contribution in [2.24, 2.45) is 0 Å². The van der Waals surface area contributed by atoms with E-state index in [0.717, 1.165) is 44.4 Å². The van der Waals surface area contributed by atoms with Gasteiger partial charge in [-0.15, -0.1) is 10.2 Å². The Morgan fingerprint density at radius 3 is 1.70 bits per heavy atom. The van der Waals surface area contributed by atoms with Gasteiger partial charge in [0.15, 0.2) is 0 Å². The molecule has 8 aromatic carbocycles. The van der Waals surface area contributed by atoms with E-state index in [9.17, 15) is 0 Å². The van der Waals surface area contributed by atoms with Gasteiger partial charge in [-0.1, -0.05) is 158 Å². The molecule has 1 spiro atoms. The van der Waals surface area contributed by atoms with Crippen LogP contribution >= 0.6 is 0 Å². The Morgan fingerprint density at radius 1 is 0.375 bits per heavy atom. The van der Waals surface area contributed by atoms with Gasteiger partial charge in [-0.25, -0.2) is 4.98 Å². The molecule has 2 aliphatic carbocycles. The Bertz CT molecular complexity index is 3150. The summed E-state index contributed by atoms with van der Waals surface area (Å²) in [5.74, 6) is 1.00. The summed E-state index contributed by atoms with van der Waals surface area (Å²) in [5, 5.41) is 12.2. The molecule has 0 radical (unpaired) electrons. The maximum atomic E-state index is 6.10. The highest BCUT2D eigenvalue weighted by molar-refractivity contribution is 6.19. The molecule has 0 aliphatic heterocycles. The Balaban J connectivity index is 1.05. The van der Waals surface area contributed by atoms with Gasteiger partial charge in [0.25, 0.3) is 0 Å². The van der Waals surface area contributed by atoms with Gasteiger partial charge in [-0.3, -0.25) is 0 Å². The fraction of sp³-hybridized carbons (Fsp3) is 0.0192. The molecule has 56 heavy (non-hydrogen) atoms. The van der Waals surface area contributed by atoms with Crippen LogP contribution < -0.4 is 0 Å². The predicted molar refractivity (Wildman–Crippen MR) is 225 cm³/mol. The molecule has 0 amide bonds. The van der Waals surface area contributed by atoms with E-state index < -0.39 is 5.41 Å². The summed E-state index contributed by atoms with van der Waals surface area (Å²) in [6.45, 7) is 0. The highest BCUT2D eigenvalue weighted by Gasteiger charge is 2.52. The lowest BCUT2D eigenvalue weighted by Crippen LogP contribution is -2.25. The number of nitrogens with zero attached hydrogens (tertiary/aromatic N) is 3. The molecular formula is C52H31N3O. The Labute approximate surface area is 323 Å². The van der Waals surface area contributed by atoms with Crippen LogP contribution in [0.2, 0.25) is 0 Å². The van der Waals surface area contributed by atoms with Crippen LogP contribution in [0.3, 0.4) is 0 Å². The van der Waals surface area contributed by atoms with Crippen LogP contribution in [0.25, 0.3) is 89.2 Å². The highest BCUT2D eigenvalue weighted by Crippen LogP contribution is 2.64. The lowest BCUT2D eigenvalue weighted by Gasteiger charge is -2.30. The summed E-state index contributed by atoms with van der Waals surface area (Å²) < 4.78 is 6.10. The zero-order valence-electron chi connectivity index (χ0n) is 30.1. The van der Waals surface area contributed by atoms with E-state index >= 15 is 0 Å². The molecule has 0 atom stereocenters. The van der Waals surface area contributed by atoms with Crippen molar-refractivity contribution in [2.45, 2.75) is 5.41 Å². The standard InChI is InChI=1S/C52H31N3O/c1-2-13-34(14-3-1)50-54-55-51(56-50)36-16-12-15-35(31-36)32-25-27-33(28-26-32)49-48-40(39-19-7-11-24-46(39)53-49)29-30-45-47(48)41-20-6-10-23-44(41)52(45)42-21-8-4-17-37(42)38-18-5-9-22-43(38)52/h1-31H. The van der Waals surface area contributed by atoms with Crippen LogP contribution in [-0.2, 0) is 5.41 Å². The number of fused-ring (bicyclic) bond motifs is 14. The average molecular weight is 714 g/mol. The van der Waals surface area contributed by atoms with Crippen molar-refractivity contribution in [1.82, 2.24) is 15.2 Å². The molecule has 2 aromatic heterocycles. The average Bonchev–Trinajstić information content (AvgIpc) is 3.97. The fourth-order valence-electron chi connectivity index (χ4n) is 9.53. The van der Waals surface area contributed by atoms with Gasteiger partial charge in [-0.2, -0.15) is 0 Å². The van der Waals surface area contributed by atoms with Crippen LogP contribution in [0.15, 0.2) is 192 Å². The zero-order valence-corrected chi connectivity index (χ0v) is 30.1. The first-order chi connectivity index (χ1) is 27.8. The molecule has 260 valence electrons. The van der Waals surface area contributed by atoms with Crippen LogP contribution in [0.4, 0.5) is 0 Å². The van der Waals surface area contributed by atoms with Gasteiger partial charge in [0, 0.05) is 27.5 Å². The number of aromatic nitrogens is 3. The summed E-state index contributed by atoms with van der Waals surface area (Å²) in [6.07, 6.45) is 0. The molecule has 2 aliphatic rings. The quantitative estimate of drug-likeness (QED) is 0.170. The first-order valence-electron chi connectivity index (χ1n) is 19.0. The van der Waals surface area contributed by atoms with E-state index in [2.05, 4.69) is 156 Å². The Hall–Kier alpha value is -7.43. The highest BCUT2D eigenvalue weighted by atomic mass is 16.4. The van der Waals surface area contributed by atoms with Crippen molar-refractivity contribution in [1.29, 1.82) is 0 Å². The van der Waals surface area contributed by atoms with E-state index in [4.69, 9.17) is 9.40 Å². The first-order valence-corrected chi connectivity index (χ1v) is 19.0. The van der Waals surface area contributed by atoms with E-state index in [-0.39, 0.29) is 0 Å². The third-order valence-corrected chi connectivity index (χ3v) is 11.9. The summed E-state index contributed by atoms with van der Waals surface area (Å²) in [6, 6.07) is 67.2. The summed E-state index contributed by atoms with van der Waals surface area (Å²) in [7, 11) is 0. The molecule has 0 saturated heterocycles. The minimum Gasteiger partial charge on any atom is -0.416 e. The number of pyridine rings is 1. The molecule has 12 rings (SSSR count). The zero-order chi connectivity index (χ0) is 36.8. The summed E-state index contributed by atoms with van der Waals surface area (Å²) >= 11 is 0. The van der Waals surface area contributed by atoms with E-state index in [1.165, 1.54) is 55.3 Å². The molecule has 10 aromatic rings. The van der Waals surface area contributed by atoms with Crippen molar-refractivity contribution in [3.8, 4) is 67.5 Å². The number of hydrogen-bond donors (Lipinski definition) is 0. The second-order valence-electron chi connectivity index (χ2n) is 14.7. The molecule has 2 heterocycles. The largest absolute Gasteiger partial charge is 0.416 e. The van der Waals surface area contributed by atoms with Gasteiger partial charge >= 0.3 is 0 Å². The van der Waals surface area contributed by atoms with Crippen LogP contribution in [0.1, 0.15) is 22.3 Å². The van der Waals surface area contributed by atoms with Crippen LogP contribution in [0.5, 0.6) is 0 Å². The normalized spacial score (nSPS) is 13.1. The molecular weight excluding hydrogens is 683 g/mol. The van der Waals surface area contributed by atoms with E-state index in [1.54, 1.807) is 0 Å². The SMILES string of the molecule is c1ccc(-c2nnc(-c3cccc(-c4ccc(-c5nc6ccccc6c6ccc7c(c56)-c5ccccc5C75c6ccccc6-c6ccccc65)cc4)c3)o2)cc1. The fourth-order valence-corrected chi connectivity index (χ4v) is 9.53. The number of benzene rings is 8. The van der Waals surface area contributed by atoms with Gasteiger partial charge in [0.05, 0.1) is 16.6 Å². The number of hydrogen-bond acceptors (Lipinski definition) is 4. The molecule has 0 N–H and O–H groups in total. The number of rotatable bonds is 4.